The van der Waals surface area contributed by atoms with Gasteiger partial charge in [-0.25, -0.2) is 0 Å². The number of nitrogens with one attached hydrogen (secondary N) is 1. The van der Waals surface area contributed by atoms with Crippen LogP contribution in [0, 0.1) is 0 Å². The molecule has 0 fully saturated rings. The van der Waals surface area contributed by atoms with E-state index in [9.17, 15) is 4.79 Å². The highest BCUT2D eigenvalue weighted by atomic mass is 32.2. The summed E-state index contributed by atoms with van der Waals surface area (Å²) >= 11 is 1.37. The molecule has 0 saturated heterocycles. The number of fused-ring (bicyclic) bond motifs is 1. The Morgan fingerprint density at radius 3 is 2.66 bits per heavy atom. The maximum absolute atomic E-state index is 12.9. The predicted molar refractivity (Wildman–Crippen MR) is 125 cm³/mol. The van der Waals surface area contributed by atoms with Crippen molar-refractivity contribution >= 4 is 23.4 Å². The third kappa shape index (κ3) is 4.60. The molecule has 1 aliphatic heterocycles. The van der Waals surface area contributed by atoms with Gasteiger partial charge in [-0.05, 0) is 43.0 Å². The maximum atomic E-state index is 12.9. The molecular formula is C24H28N4O3S. The Bertz CT molecular complexity index is 1100. The van der Waals surface area contributed by atoms with E-state index in [1.807, 2.05) is 61.0 Å². The van der Waals surface area contributed by atoms with Crippen molar-refractivity contribution in [2.45, 2.75) is 49.6 Å². The number of amides is 1. The second-order valence-electron chi connectivity index (χ2n) is 7.91. The van der Waals surface area contributed by atoms with E-state index in [2.05, 4.69) is 35.4 Å². The van der Waals surface area contributed by atoms with Crippen molar-refractivity contribution in [3.05, 3.63) is 59.9 Å². The second kappa shape index (κ2) is 9.65. The molecule has 3 aromatic rings. The molecule has 168 valence electrons. The van der Waals surface area contributed by atoms with Crippen molar-refractivity contribution in [2.24, 2.45) is 7.05 Å². The Kier molecular flexibility index (Phi) is 6.69. The molecule has 0 radical (unpaired) electrons. The molecule has 2 aromatic carbocycles. The molecule has 8 heteroatoms. The summed E-state index contributed by atoms with van der Waals surface area (Å²) in [7, 11) is 1.88. The van der Waals surface area contributed by atoms with Crippen LogP contribution in [0.25, 0.3) is 0 Å². The van der Waals surface area contributed by atoms with Crippen molar-refractivity contribution in [2.75, 3.05) is 11.9 Å². The number of para-hydroxylation sites is 3. The van der Waals surface area contributed by atoms with E-state index in [4.69, 9.17) is 9.47 Å². The number of hydrogen-bond acceptors (Lipinski definition) is 6. The zero-order valence-electron chi connectivity index (χ0n) is 18.7. The summed E-state index contributed by atoms with van der Waals surface area (Å²) in [5.74, 6) is 2.38. The summed E-state index contributed by atoms with van der Waals surface area (Å²) in [6.07, 6.45) is 0.652. The number of aromatic nitrogens is 3. The van der Waals surface area contributed by atoms with Gasteiger partial charge in [0.25, 0.3) is 0 Å². The zero-order valence-corrected chi connectivity index (χ0v) is 19.6. The van der Waals surface area contributed by atoms with Crippen molar-refractivity contribution in [1.82, 2.24) is 14.8 Å². The van der Waals surface area contributed by atoms with Crippen LogP contribution in [0.15, 0.2) is 53.7 Å². The van der Waals surface area contributed by atoms with Gasteiger partial charge in [-0.3, -0.25) is 4.79 Å². The van der Waals surface area contributed by atoms with Gasteiger partial charge in [-0.2, -0.15) is 0 Å². The molecule has 3 atom stereocenters. The van der Waals surface area contributed by atoms with Crippen LogP contribution in [0.2, 0.25) is 0 Å². The first-order chi connectivity index (χ1) is 15.5. The van der Waals surface area contributed by atoms with Crippen molar-refractivity contribution in [1.29, 1.82) is 0 Å². The van der Waals surface area contributed by atoms with Gasteiger partial charge < -0.3 is 19.4 Å². The molecule has 2 heterocycles. The van der Waals surface area contributed by atoms with Gasteiger partial charge >= 0.3 is 0 Å². The standard InChI is InChI=1S/C24H28N4O3S/c1-5-15(2)17-10-6-7-11-18(17)25-23(29)16(3)32-24-27-26-22(28(24)4)21-14-30-19-12-8-9-13-20(19)31-21/h6-13,15-16,21H,5,14H2,1-4H3,(H,25,29). The molecule has 1 aromatic heterocycles. The quantitative estimate of drug-likeness (QED) is 0.511. The lowest BCUT2D eigenvalue weighted by Crippen LogP contribution is -2.25. The summed E-state index contributed by atoms with van der Waals surface area (Å²) in [6, 6.07) is 15.5. The summed E-state index contributed by atoms with van der Waals surface area (Å²) in [5.41, 5.74) is 2.01. The third-order valence-corrected chi connectivity index (χ3v) is 6.81. The van der Waals surface area contributed by atoms with Crippen LogP contribution in [-0.2, 0) is 11.8 Å². The molecule has 4 rings (SSSR count). The van der Waals surface area contributed by atoms with Crippen LogP contribution in [0.1, 0.15) is 50.6 Å². The third-order valence-electron chi connectivity index (χ3n) is 5.68. The summed E-state index contributed by atoms with van der Waals surface area (Å²) in [6.45, 7) is 6.54. The minimum absolute atomic E-state index is 0.0681. The van der Waals surface area contributed by atoms with E-state index in [0.717, 1.165) is 23.4 Å². The SMILES string of the molecule is CCC(C)c1ccccc1NC(=O)C(C)Sc1nnc(C2COc3ccccc3O2)n1C. The Labute approximate surface area is 192 Å². The summed E-state index contributed by atoms with van der Waals surface area (Å²) in [4.78, 5) is 12.9. The van der Waals surface area contributed by atoms with E-state index >= 15 is 0 Å². The first kappa shape index (κ1) is 22.2. The van der Waals surface area contributed by atoms with Crippen molar-refractivity contribution < 1.29 is 14.3 Å². The normalized spacial score (nSPS) is 16.9. The summed E-state index contributed by atoms with van der Waals surface area (Å²) < 4.78 is 13.7. The number of hydrogen-bond donors (Lipinski definition) is 1. The van der Waals surface area contributed by atoms with Crippen molar-refractivity contribution in [3.8, 4) is 11.5 Å². The molecule has 1 amide bonds. The number of carbonyl (C=O) groups excluding carboxylic acids is 1. The van der Waals surface area contributed by atoms with Crippen LogP contribution in [0.3, 0.4) is 0 Å². The molecule has 7 nitrogen and oxygen atoms in total. The van der Waals surface area contributed by atoms with E-state index in [-0.39, 0.29) is 17.3 Å². The lowest BCUT2D eigenvalue weighted by molar-refractivity contribution is -0.115. The second-order valence-corrected chi connectivity index (χ2v) is 9.22. The fraction of sp³-hybridized carbons (Fsp3) is 0.375. The molecule has 0 bridgehead atoms. The van der Waals surface area contributed by atoms with Gasteiger partial charge in [0.15, 0.2) is 28.6 Å². The fourth-order valence-corrected chi connectivity index (χ4v) is 4.38. The smallest absolute Gasteiger partial charge is 0.237 e. The number of ether oxygens (including phenoxy) is 2. The lowest BCUT2D eigenvalue weighted by Gasteiger charge is -2.25. The first-order valence-electron chi connectivity index (χ1n) is 10.8. The first-order valence-corrected chi connectivity index (χ1v) is 11.7. The lowest BCUT2D eigenvalue weighted by atomic mass is 9.97. The van der Waals surface area contributed by atoms with E-state index in [0.29, 0.717) is 29.3 Å². The number of nitrogens with zero attached hydrogens (tertiary/aromatic N) is 3. The number of rotatable bonds is 7. The fourth-order valence-electron chi connectivity index (χ4n) is 3.56. The van der Waals surface area contributed by atoms with E-state index in [1.165, 1.54) is 11.8 Å². The molecule has 0 spiro atoms. The zero-order chi connectivity index (χ0) is 22.7. The van der Waals surface area contributed by atoms with Crippen LogP contribution in [-0.4, -0.2) is 32.5 Å². The van der Waals surface area contributed by atoms with Crippen LogP contribution < -0.4 is 14.8 Å². The minimum atomic E-state index is -0.358. The van der Waals surface area contributed by atoms with E-state index in [1.54, 1.807) is 0 Å². The number of anilines is 1. The largest absolute Gasteiger partial charge is 0.485 e. The molecule has 1 aliphatic rings. The Morgan fingerprint density at radius 2 is 1.88 bits per heavy atom. The van der Waals surface area contributed by atoms with Crippen molar-refractivity contribution in [3.63, 3.8) is 0 Å². The Hall–Kier alpha value is -3.00. The highest BCUT2D eigenvalue weighted by Gasteiger charge is 2.28. The van der Waals surface area contributed by atoms with E-state index < -0.39 is 0 Å². The highest BCUT2D eigenvalue weighted by Crippen LogP contribution is 2.36. The van der Waals surface area contributed by atoms with Gasteiger partial charge in [0, 0.05) is 12.7 Å². The molecule has 0 saturated carbocycles. The van der Waals surface area contributed by atoms with Crippen LogP contribution in [0.5, 0.6) is 11.5 Å². The maximum Gasteiger partial charge on any atom is 0.237 e. The molecule has 1 N–H and O–H groups in total. The average Bonchev–Trinajstić information content (AvgIpc) is 3.18. The monoisotopic (exact) mass is 452 g/mol. The van der Waals surface area contributed by atoms with Gasteiger partial charge in [-0.15, -0.1) is 10.2 Å². The molecule has 0 aliphatic carbocycles. The number of carbonyl (C=O) groups is 1. The van der Waals surface area contributed by atoms with Gasteiger partial charge in [0.1, 0.15) is 6.61 Å². The number of thioether (sulfide) groups is 1. The topological polar surface area (TPSA) is 78.3 Å². The molecule has 32 heavy (non-hydrogen) atoms. The molecule has 3 unspecified atom stereocenters. The van der Waals surface area contributed by atoms with Crippen LogP contribution >= 0.6 is 11.8 Å². The number of benzene rings is 2. The Morgan fingerprint density at radius 1 is 1.16 bits per heavy atom. The average molecular weight is 453 g/mol. The molecular weight excluding hydrogens is 424 g/mol. The van der Waals surface area contributed by atoms with Crippen LogP contribution in [0.4, 0.5) is 5.69 Å². The van der Waals surface area contributed by atoms with Gasteiger partial charge in [-0.1, -0.05) is 55.9 Å². The summed E-state index contributed by atoms with van der Waals surface area (Å²) in [5, 5.41) is 12.0. The van der Waals surface area contributed by atoms with Gasteiger partial charge in [0.05, 0.1) is 5.25 Å². The highest BCUT2D eigenvalue weighted by molar-refractivity contribution is 8.00. The Balaban J connectivity index is 1.43. The predicted octanol–water partition coefficient (Wildman–Crippen LogP) is 4.96. The van der Waals surface area contributed by atoms with Gasteiger partial charge in [0.2, 0.25) is 5.91 Å². The minimum Gasteiger partial charge on any atom is -0.485 e.